The highest BCUT2D eigenvalue weighted by Gasteiger charge is 2.45. The summed E-state index contributed by atoms with van der Waals surface area (Å²) in [6.07, 6.45) is 0. The van der Waals surface area contributed by atoms with Gasteiger partial charge in [0, 0.05) is 4.88 Å². The molecule has 0 spiro atoms. The van der Waals surface area contributed by atoms with Crippen LogP contribution >= 0.6 is 11.3 Å². The first-order chi connectivity index (χ1) is 13.0. The second kappa shape index (κ2) is 8.00. The SMILES string of the molecule is CCOc1ccccc1NC(=O)CN1C(=O)C(=O)N(Cc2cccs2)C1=O. The Labute approximate surface area is 159 Å². The molecule has 1 saturated heterocycles. The molecule has 140 valence electrons. The van der Waals surface area contributed by atoms with E-state index in [9.17, 15) is 19.2 Å². The number of hydrogen-bond acceptors (Lipinski definition) is 6. The molecule has 0 radical (unpaired) electrons. The zero-order valence-electron chi connectivity index (χ0n) is 14.5. The smallest absolute Gasteiger partial charge is 0.335 e. The van der Waals surface area contributed by atoms with Crippen molar-refractivity contribution in [2.24, 2.45) is 0 Å². The van der Waals surface area contributed by atoms with Gasteiger partial charge in [-0.1, -0.05) is 18.2 Å². The zero-order valence-corrected chi connectivity index (χ0v) is 15.3. The van der Waals surface area contributed by atoms with Crippen molar-refractivity contribution < 1.29 is 23.9 Å². The van der Waals surface area contributed by atoms with Crippen LogP contribution < -0.4 is 10.1 Å². The van der Waals surface area contributed by atoms with Gasteiger partial charge in [-0.2, -0.15) is 0 Å². The maximum absolute atomic E-state index is 12.4. The molecule has 5 amide bonds. The van der Waals surface area contributed by atoms with Gasteiger partial charge in [0.15, 0.2) is 0 Å². The fourth-order valence-corrected chi connectivity index (χ4v) is 3.26. The number of ether oxygens (including phenoxy) is 1. The molecular weight excluding hydrogens is 370 g/mol. The molecule has 8 nitrogen and oxygen atoms in total. The second-order valence-electron chi connectivity index (χ2n) is 5.62. The van der Waals surface area contributed by atoms with Crippen LogP contribution in [0, 0.1) is 0 Å². The Morgan fingerprint density at radius 3 is 2.52 bits per heavy atom. The lowest BCUT2D eigenvalue weighted by Crippen LogP contribution is -2.38. The van der Waals surface area contributed by atoms with E-state index in [1.54, 1.807) is 36.4 Å². The molecular formula is C18H17N3O5S. The molecule has 0 aliphatic carbocycles. The number of carbonyl (C=O) groups is 4. The number of rotatable bonds is 7. The fourth-order valence-electron chi connectivity index (χ4n) is 2.57. The van der Waals surface area contributed by atoms with Gasteiger partial charge in [-0.15, -0.1) is 11.3 Å². The van der Waals surface area contributed by atoms with Gasteiger partial charge in [-0.05, 0) is 30.5 Å². The minimum atomic E-state index is -1.01. The average molecular weight is 387 g/mol. The van der Waals surface area contributed by atoms with Crippen LogP contribution in [0.5, 0.6) is 5.75 Å². The number of nitrogens with zero attached hydrogens (tertiary/aromatic N) is 2. The van der Waals surface area contributed by atoms with Crippen molar-refractivity contribution >= 4 is 40.8 Å². The van der Waals surface area contributed by atoms with Crippen molar-refractivity contribution in [1.82, 2.24) is 9.80 Å². The van der Waals surface area contributed by atoms with E-state index in [1.807, 2.05) is 12.3 Å². The Morgan fingerprint density at radius 2 is 1.81 bits per heavy atom. The predicted molar refractivity (Wildman–Crippen MR) is 98.2 cm³/mol. The first kappa shape index (κ1) is 18.6. The minimum Gasteiger partial charge on any atom is -0.492 e. The van der Waals surface area contributed by atoms with E-state index in [4.69, 9.17) is 4.74 Å². The molecule has 3 rings (SSSR count). The average Bonchev–Trinajstić information content (AvgIpc) is 3.23. The molecule has 0 saturated carbocycles. The number of benzene rings is 1. The van der Waals surface area contributed by atoms with E-state index in [-0.39, 0.29) is 6.54 Å². The highest BCUT2D eigenvalue weighted by molar-refractivity contribution is 7.09. The summed E-state index contributed by atoms with van der Waals surface area (Å²) in [6, 6.07) is 9.56. The Balaban J connectivity index is 1.68. The molecule has 1 aromatic heterocycles. The van der Waals surface area contributed by atoms with Gasteiger partial charge in [0.2, 0.25) is 5.91 Å². The molecule has 27 heavy (non-hydrogen) atoms. The van der Waals surface area contributed by atoms with E-state index in [1.165, 1.54) is 11.3 Å². The lowest BCUT2D eigenvalue weighted by molar-refractivity contribution is -0.143. The lowest BCUT2D eigenvalue weighted by Gasteiger charge is -2.16. The topological polar surface area (TPSA) is 96.0 Å². The highest BCUT2D eigenvalue weighted by atomic mass is 32.1. The molecule has 1 fully saturated rings. The number of carbonyl (C=O) groups excluding carboxylic acids is 4. The third-order valence-electron chi connectivity index (χ3n) is 3.79. The van der Waals surface area contributed by atoms with Gasteiger partial charge >= 0.3 is 17.8 Å². The fraction of sp³-hybridized carbons (Fsp3) is 0.222. The van der Waals surface area contributed by atoms with E-state index in [0.29, 0.717) is 22.9 Å². The van der Waals surface area contributed by atoms with Gasteiger partial charge in [-0.3, -0.25) is 19.3 Å². The normalized spacial score (nSPS) is 14.0. The number of imide groups is 2. The summed E-state index contributed by atoms with van der Waals surface area (Å²) in [5.74, 6) is -2.07. The van der Waals surface area contributed by atoms with Gasteiger partial charge in [0.25, 0.3) is 0 Å². The zero-order chi connectivity index (χ0) is 19.4. The standard InChI is InChI=1S/C18H17N3O5S/c1-2-26-14-8-4-3-7-13(14)19-15(22)11-21-17(24)16(23)20(18(21)25)10-12-6-5-9-27-12/h3-9H,2,10-11H2,1H3,(H,19,22). The van der Waals surface area contributed by atoms with E-state index < -0.39 is 30.3 Å². The molecule has 0 bridgehead atoms. The summed E-state index contributed by atoms with van der Waals surface area (Å²) in [5.41, 5.74) is 0.421. The second-order valence-corrected chi connectivity index (χ2v) is 6.65. The molecule has 2 aromatic rings. The Kier molecular flexibility index (Phi) is 5.51. The summed E-state index contributed by atoms with van der Waals surface area (Å²) in [6.45, 7) is 1.69. The molecule has 1 aromatic carbocycles. The van der Waals surface area contributed by atoms with Crippen LogP contribution in [0.1, 0.15) is 11.8 Å². The third kappa shape index (κ3) is 3.98. The number of urea groups is 1. The van der Waals surface area contributed by atoms with Crippen molar-refractivity contribution in [3.05, 3.63) is 46.7 Å². The Bertz CT molecular complexity index is 881. The first-order valence-corrected chi connectivity index (χ1v) is 9.10. The van der Waals surface area contributed by atoms with Crippen LogP contribution in [-0.4, -0.2) is 46.7 Å². The van der Waals surface area contributed by atoms with Crippen molar-refractivity contribution in [1.29, 1.82) is 0 Å². The van der Waals surface area contributed by atoms with Crippen LogP contribution in [0.4, 0.5) is 10.5 Å². The van der Waals surface area contributed by atoms with Gasteiger partial charge in [0.05, 0.1) is 18.8 Å². The predicted octanol–water partition coefficient (Wildman–Crippen LogP) is 2.08. The number of thiophene rings is 1. The summed E-state index contributed by atoms with van der Waals surface area (Å²) in [4.78, 5) is 51.2. The largest absolute Gasteiger partial charge is 0.492 e. The molecule has 0 unspecified atom stereocenters. The maximum atomic E-state index is 12.4. The molecule has 1 aliphatic rings. The van der Waals surface area contributed by atoms with Crippen LogP contribution in [-0.2, 0) is 20.9 Å². The van der Waals surface area contributed by atoms with Crippen molar-refractivity contribution in [2.75, 3.05) is 18.5 Å². The summed E-state index contributed by atoms with van der Waals surface area (Å²) in [7, 11) is 0. The maximum Gasteiger partial charge on any atom is 0.335 e. The monoisotopic (exact) mass is 387 g/mol. The number of nitrogens with one attached hydrogen (secondary N) is 1. The van der Waals surface area contributed by atoms with Crippen LogP contribution in [0.15, 0.2) is 41.8 Å². The summed E-state index contributed by atoms with van der Waals surface area (Å²) < 4.78 is 5.42. The van der Waals surface area contributed by atoms with E-state index in [0.717, 1.165) is 9.78 Å². The molecule has 0 atom stereocenters. The lowest BCUT2D eigenvalue weighted by atomic mass is 10.3. The quantitative estimate of drug-likeness (QED) is 0.580. The van der Waals surface area contributed by atoms with Crippen molar-refractivity contribution in [3.8, 4) is 5.75 Å². The molecule has 9 heteroatoms. The van der Waals surface area contributed by atoms with Gasteiger partial charge < -0.3 is 10.1 Å². The third-order valence-corrected chi connectivity index (χ3v) is 4.65. The van der Waals surface area contributed by atoms with Crippen LogP contribution in [0.3, 0.4) is 0 Å². The van der Waals surface area contributed by atoms with Crippen molar-refractivity contribution in [3.63, 3.8) is 0 Å². The minimum absolute atomic E-state index is 0.00632. The first-order valence-electron chi connectivity index (χ1n) is 8.22. The Morgan fingerprint density at radius 1 is 1.07 bits per heavy atom. The summed E-state index contributed by atoms with van der Waals surface area (Å²) >= 11 is 1.37. The number of para-hydroxylation sites is 2. The molecule has 1 aliphatic heterocycles. The summed E-state index contributed by atoms with van der Waals surface area (Å²) in [5, 5.41) is 4.41. The number of hydrogen-bond donors (Lipinski definition) is 1. The molecule has 1 N–H and O–H groups in total. The van der Waals surface area contributed by atoms with E-state index in [2.05, 4.69) is 5.32 Å². The number of amides is 5. The van der Waals surface area contributed by atoms with Crippen LogP contribution in [0.25, 0.3) is 0 Å². The van der Waals surface area contributed by atoms with Gasteiger partial charge in [-0.25, -0.2) is 9.69 Å². The van der Waals surface area contributed by atoms with E-state index >= 15 is 0 Å². The van der Waals surface area contributed by atoms with Crippen molar-refractivity contribution in [2.45, 2.75) is 13.5 Å². The number of anilines is 1. The highest BCUT2D eigenvalue weighted by Crippen LogP contribution is 2.24. The Hall–Kier alpha value is -3.20. The van der Waals surface area contributed by atoms with Gasteiger partial charge in [0.1, 0.15) is 12.3 Å². The van der Waals surface area contributed by atoms with Crippen LogP contribution in [0.2, 0.25) is 0 Å². The molecule has 2 heterocycles.